The summed E-state index contributed by atoms with van der Waals surface area (Å²) in [6, 6.07) is 10.1. The summed E-state index contributed by atoms with van der Waals surface area (Å²) >= 11 is 0. The monoisotopic (exact) mass is 310 g/mol. The van der Waals surface area contributed by atoms with Crippen LogP contribution in [-0.2, 0) is 0 Å². The van der Waals surface area contributed by atoms with Crippen LogP contribution in [0.4, 0.5) is 0 Å². The van der Waals surface area contributed by atoms with E-state index in [0.29, 0.717) is 17.7 Å². The molecule has 23 heavy (non-hydrogen) atoms. The average Bonchev–Trinajstić information content (AvgIpc) is 3.11. The molecule has 1 aromatic heterocycles. The average molecular weight is 310 g/mol. The number of rotatable bonds is 2. The third kappa shape index (κ3) is 2.76. The predicted octanol–water partition coefficient (Wildman–Crippen LogP) is 3.06. The molecular formula is C18H22N4O. The molecule has 1 aliphatic carbocycles. The molecule has 1 aliphatic heterocycles. The number of hydrogen-bond donors (Lipinski definition) is 0. The number of carbonyl (C=O) groups excluding carboxylic acids is 1. The quantitative estimate of drug-likeness (QED) is 0.856. The number of amides is 1. The third-order valence-corrected chi connectivity index (χ3v) is 5.20. The van der Waals surface area contributed by atoms with Crippen molar-refractivity contribution in [3.8, 4) is 5.69 Å². The SMILES string of the molecule is O=C(c1cnn(-c2ccccc2)n1)N1CCC[C@@H]2CCCC[C@@H]21. The Morgan fingerprint density at radius 3 is 2.70 bits per heavy atom. The van der Waals surface area contributed by atoms with E-state index in [2.05, 4.69) is 15.1 Å². The number of nitrogens with zero attached hydrogens (tertiary/aromatic N) is 4. The van der Waals surface area contributed by atoms with Crippen LogP contribution in [0.5, 0.6) is 0 Å². The van der Waals surface area contributed by atoms with Gasteiger partial charge in [0.15, 0.2) is 5.69 Å². The second-order valence-corrected chi connectivity index (χ2v) is 6.61. The van der Waals surface area contributed by atoms with E-state index in [1.165, 1.54) is 30.5 Å². The number of likely N-dealkylation sites (tertiary alicyclic amines) is 1. The summed E-state index contributed by atoms with van der Waals surface area (Å²) in [5.74, 6) is 0.731. The summed E-state index contributed by atoms with van der Waals surface area (Å²) in [6.07, 6.45) is 8.94. The molecule has 2 heterocycles. The van der Waals surface area contributed by atoms with Gasteiger partial charge in [-0.05, 0) is 43.7 Å². The number of aromatic nitrogens is 3. The van der Waals surface area contributed by atoms with Crippen molar-refractivity contribution in [2.24, 2.45) is 5.92 Å². The molecule has 0 unspecified atom stereocenters. The highest BCUT2D eigenvalue weighted by Gasteiger charge is 2.36. The fraction of sp³-hybridized carbons (Fsp3) is 0.500. The molecule has 0 N–H and O–H groups in total. The zero-order chi connectivity index (χ0) is 15.6. The van der Waals surface area contributed by atoms with Gasteiger partial charge < -0.3 is 4.90 Å². The van der Waals surface area contributed by atoms with Crippen LogP contribution in [0, 0.1) is 5.92 Å². The van der Waals surface area contributed by atoms with Gasteiger partial charge in [-0.2, -0.15) is 9.90 Å². The molecule has 1 aromatic carbocycles. The molecule has 2 aromatic rings. The van der Waals surface area contributed by atoms with E-state index >= 15 is 0 Å². The Balaban J connectivity index is 1.56. The van der Waals surface area contributed by atoms with Crippen molar-refractivity contribution in [2.45, 2.75) is 44.6 Å². The summed E-state index contributed by atoms with van der Waals surface area (Å²) in [4.78, 5) is 16.5. The summed E-state index contributed by atoms with van der Waals surface area (Å²) in [6.45, 7) is 0.859. The molecule has 2 aliphatic rings. The van der Waals surface area contributed by atoms with Crippen LogP contribution in [0.1, 0.15) is 49.0 Å². The second-order valence-electron chi connectivity index (χ2n) is 6.61. The van der Waals surface area contributed by atoms with Gasteiger partial charge in [-0.15, -0.1) is 5.10 Å². The van der Waals surface area contributed by atoms with Crippen LogP contribution in [-0.4, -0.2) is 38.4 Å². The first-order valence-electron chi connectivity index (χ1n) is 8.62. The zero-order valence-corrected chi connectivity index (χ0v) is 13.3. The molecule has 0 radical (unpaired) electrons. The Kier molecular flexibility index (Phi) is 3.85. The van der Waals surface area contributed by atoms with Gasteiger partial charge in [0.25, 0.3) is 5.91 Å². The molecule has 5 nitrogen and oxygen atoms in total. The molecule has 2 fully saturated rings. The van der Waals surface area contributed by atoms with Crippen LogP contribution in [0.25, 0.3) is 5.69 Å². The van der Waals surface area contributed by atoms with E-state index in [1.54, 1.807) is 6.20 Å². The van der Waals surface area contributed by atoms with Crippen LogP contribution in [0.2, 0.25) is 0 Å². The van der Waals surface area contributed by atoms with E-state index in [4.69, 9.17) is 0 Å². The van der Waals surface area contributed by atoms with Crippen LogP contribution >= 0.6 is 0 Å². The fourth-order valence-corrected chi connectivity index (χ4v) is 4.07. The minimum Gasteiger partial charge on any atom is -0.334 e. The van der Waals surface area contributed by atoms with Gasteiger partial charge in [-0.25, -0.2) is 0 Å². The largest absolute Gasteiger partial charge is 0.334 e. The second kappa shape index (κ2) is 6.14. The minimum atomic E-state index is 0.0452. The molecule has 4 rings (SSSR count). The summed E-state index contributed by atoms with van der Waals surface area (Å²) < 4.78 is 0. The Labute approximate surface area is 136 Å². The lowest BCUT2D eigenvalue weighted by atomic mass is 9.78. The van der Waals surface area contributed by atoms with Crippen molar-refractivity contribution in [3.63, 3.8) is 0 Å². The van der Waals surface area contributed by atoms with Crippen molar-refractivity contribution < 1.29 is 4.79 Å². The van der Waals surface area contributed by atoms with E-state index < -0.39 is 0 Å². The number of benzene rings is 1. The first-order valence-corrected chi connectivity index (χ1v) is 8.62. The molecule has 5 heteroatoms. The normalized spacial score (nSPS) is 24.3. The molecule has 2 atom stereocenters. The highest BCUT2D eigenvalue weighted by molar-refractivity contribution is 5.92. The number of carbonyl (C=O) groups is 1. The Bertz CT molecular complexity index is 679. The van der Waals surface area contributed by atoms with Gasteiger partial charge in [0.1, 0.15) is 0 Å². The maximum atomic E-state index is 12.9. The molecular weight excluding hydrogens is 288 g/mol. The standard InChI is InChI=1S/C18H22N4O/c23-18(21-12-6-8-14-7-4-5-11-17(14)21)16-13-19-22(20-16)15-9-2-1-3-10-15/h1-3,9-10,13-14,17H,4-8,11-12H2/t14-,17-/m0/s1. The number of piperidine rings is 1. The van der Waals surface area contributed by atoms with Crippen molar-refractivity contribution in [1.29, 1.82) is 0 Å². The molecule has 1 saturated heterocycles. The lowest BCUT2D eigenvalue weighted by Gasteiger charge is -2.43. The maximum Gasteiger partial charge on any atom is 0.276 e. The fourth-order valence-electron chi connectivity index (χ4n) is 4.07. The van der Waals surface area contributed by atoms with Gasteiger partial charge >= 0.3 is 0 Å². The summed E-state index contributed by atoms with van der Waals surface area (Å²) in [7, 11) is 0. The predicted molar refractivity (Wildman–Crippen MR) is 87.4 cm³/mol. The lowest BCUT2D eigenvalue weighted by Crippen LogP contribution is -2.49. The Hall–Kier alpha value is -2.17. The van der Waals surface area contributed by atoms with Crippen molar-refractivity contribution in [1.82, 2.24) is 19.9 Å². The molecule has 120 valence electrons. The zero-order valence-electron chi connectivity index (χ0n) is 13.3. The van der Waals surface area contributed by atoms with E-state index in [9.17, 15) is 4.79 Å². The van der Waals surface area contributed by atoms with Crippen molar-refractivity contribution in [2.75, 3.05) is 6.54 Å². The van der Waals surface area contributed by atoms with Crippen LogP contribution < -0.4 is 0 Å². The lowest BCUT2D eigenvalue weighted by molar-refractivity contribution is 0.0385. The smallest absolute Gasteiger partial charge is 0.276 e. The van der Waals surface area contributed by atoms with Crippen molar-refractivity contribution >= 4 is 5.91 Å². The van der Waals surface area contributed by atoms with Crippen LogP contribution in [0.3, 0.4) is 0 Å². The van der Waals surface area contributed by atoms with Gasteiger partial charge in [-0.1, -0.05) is 31.0 Å². The van der Waals surface area contributed by atoms with E-state index in [0.717, 1.165) is 25.1 Å². The number of hydrogen-bond acceptors (Lipinski definition) is 3. The highest BCUT2D eigenvalue weighted by Crippen LogP contribution is 2.35. The Morgan fingerprint density at radius 2 is 1.83 bits per heavy atom. The molecule has 0 bridgehead atoms. The van der Waals surface area contributed by atoms with E-state index in [1.807, 2.05) is 30.3 Å². The maximum absolute atomic E-state index is 12.9. The number of fused-ring (bicyclic) bond motifs is 1. The van der Waals surface area contributed by atoms with Gasteiger partial charge in [0.05, 0.1) is 11.9 Å². The molecule has 0 spiro atoms. The van der Waals surface area contributed by atoms with Gasteiger partial charge in [0, 0.05) is 12.6 Å². The summed E-state index contributed by atoms with van der Waals surface area (Å²) in [5, 5.41) is 8.67. The molecule has 1 saturated carbocycles. The first kappa shape index (κ1) is 14.4. The van der Waals surface area contributed by atoms with E-state index in [-0.39, 0.29) is 5.91 Å². The third-order valence-electron chi connectivity index (χ3n) is 5.20. The van der Waals surface area contributed by atoms with Crippen molar-refractivity contribution in [3.05, 3.63) is 42.2 Å². The first-order chi connectivity index (χ1) is 11.3. The van der Waals surface area contributed by atoms with Gasteiger partial charge in [-0.3, -0.25) is 4.79 Å². The number of para-hydroxylation sites is 1. The topological polar surface area (TPSA) is 51.0 Å². The summed E-state index contributed by atoms with van der Waals surface area (Å²) in [5.41, 5.74) is 1.33. The Morgan fingerprint density at radius 1 is 1.04 bits per heavy atom. The molecule has 1 amide bonds. The highest BCUT2D eigenvalue weighted by atomic mass is 16.2. The van der Waals surface area contributed by atoms with Gasteiger partial charge in [0.2, 0.25) is 0 Å². The minimum absolute atomic E-state index is 0.0452. The van der Waals surface area contributed by atoms with Crippen LogP contribution in [0.15, 0.2) is 36.5 Å².